The van der Waals surface area contributed by atoms with Gasteiger partial charge in [0.15, 0.2) is 0 Å². The van der Waals surface area contributed by atoms with Crippen LogP contribution in [0.2, 0.25) is 0 Å². The number of fused-ring (bicyclic) bond motifs is 1. The third-order valence-corrected chi connectivity index (χ3v) is 6.59. The Hall–Kier alpha value is -0.820. The normalized spacial score (nSPS) is 45.9. The van der Waals surface area contributed by atoms with Crippen LogP contribution in [0.4, 0.5) is 0 Å². The monoisotopic (exact) mass is 254 g/mol. The molecule has 19 heavy (non-hydrogen) atoms. The van der Waals surface area contributed by atoms with E-state index >= 15 is 0 Å². The third-order valence-electron chi connectivity index (χ3n) is 6.59. The molecule has 3 aliphatic carbocycles. The van der Waals surface area contributed by atoms with E-state index in [9.17, 15) is 0 Å². The van der Waals surface area contributed by atoms with Crippen LogP contribution in [0.1, 0.15) is 55.2 Å². The first-order valence-corrected chi connectivity index (χ1v) is 8.04. The van der Waals surface area contributed by atoms with Crippen molar-refractivity contribution in [1.29, 1.82) is 0 Å². The van der Waals surface area contributed by atoms with E-state index in [-0.39, 0.29) is 5.60 Å². The maximum Gasteiger partial charge on any atom is 0.107 e. The number of epoxide rings is 1. The molecule has 0 radical (unpaired) electrons. The molecular weight excluding hydrogens is 232 g/mol. The highest BCUT2D eigenvalue weighted by Gasteiger charge is 2.75. The van der Waals surface area contributed by atoms with Gasteiger partial charge in [0.1, 0.15) is 5.60 Å². The quantitative estimate of drug-likeness (QED) is 0.639. The van der Waals surface area contributed by atoms with E-state index in [1.54, 1.807) is 11.1 Å². The first kappa shape index (κ1) is 10.9. The highest BCUT2D eigenvalue weighted by Crippen LogP contribution is 2.70. The van der Waals surface area contributed by atoms with Gasteiger partial charge >= 0.3 is 0 Å². The van der Waals surface area contributed by atoms with Gasteiger partial charge in [-0.2, -0.15) is 0 Å². The maximum atomic E-state index is 6.42. The zero-order valence-electron chi connectivity index (χ0n) is 11.7. The molecule has 1 spiro atoms. The molecule has 5 rings (SSSR count). The number of hydrogen-bond acceptors (Lipinski definition) is 1. The molecule has 1 saturated heterocycles. The van der Waals surface area contributed by atoms with Crippen molar-refractivity contribution < 1.29 is 4.74 Å². The van der Waals surface area contributed by atoms with Gasteiger partial charge in [-0.3, -0.25) is 0 Å². The Bertz CT molecular complexity index is 559. The predicted molar refractivity (Wildman–Crippen MR) is 75.4 cm³/mol. The average molecular weight is 254 g/mol. The zero-order valence-corrected chi connectivity index (χ0v) is 11.7. The largest absolute Gasteiger partial charge is 0.365 e. The molecule has 1 nitrogen and oxygen atoms in total. The Morgan fingerprint density at radius 1 is 1.16 bits per heavy atom. The molecule has 1 aliphatic heterocycles. The molecule has 0 amide bonds. The summed E-state index contributed by atoms with van der Waals surface area (Å²) in [6.45, 7) is 2.24. The van der Waals surface area contributed by atoms with Gasteiger partial charge in [-0.1, -0.05) is 30.2 Å². The van der Waals surface area contributed by atoms with Crippen LogP contribution in [0.3, 0.4) is 0 Å². The van der Waals surface area contributed by atoms with E-state index in [0.29, 0.717) is 11.5 Å². The smallest absolute Gasteiger partial charge is 0.107 e. The summed E-state index contributed by atoms with van der Waals surface area (Å²) in [5.74, 6) is 0.807. The summed E-state index contributed by atoms with van der Waals surface area (Å²) in [5.41, 5.74) is 5.39. The zero-order chi connectivity index (χ0) is 12.7. The van der Waals surface area contributed by atoms with E-state index in [1.807, 2.05) is 0 Å². The van der Waals surface area contributed by atoms with Crippen LogP contribution in [-0.2, 0) is 16.6 Å². The van der Waals surface area contributed by atoms with E-state index < -0.39 is 0 Å². The van der Waals surface area contributed by atoms with Gasteiger partial charge < -0.3 is 4.74 Å². The Labute approximate surface area is 115 Å². The summed E-state index contributed by atoms with van der Waals surface area (Å²) in [7, 11) is 0. The summed E-state index contributed by atoms with van der Waals surface area (Å²) < 4.78 is 6.42. The Morgan fingerprint density at radius 2 is 2.00 bits per heavy atom. The van der Waals surface area contributed by atoms with Gasteiger partial charge in [-0.25, -0.2) is 0 Å². The number of ether oxygens (including phenoxy) is 1. The Kier molecular flexibility index (Phi) is 1.87. The van der Waals surface area contributed by atoms with Crippen LogP contribution in [0, 0.1) is 12.8 Å². The lowest BCUT2D eigenvalue weighted by Gasteiger charge is -2.54. The molecule has 1 aromatic rings. The maximum absolute atomic E-state index is 6.42. The van der Waals surface area contributed by atoms with Crippen molar-refractivity contribution in [1.82, 2.24) is 0 Å². The van der Waals surface area contributed by atoms with Crippen LogP contribution in [0.15, 0.2) is 18.2 Å². The number of rotatable bonds is 0. The Balaban J connectivity index is 1.79. The molecule has 0 aromatic heterocycles. The highest BCUT2D eigenvalue weighted by molar-refractivity contribution is 5.48. The van der Waals surface area contributed by atoms with Crippen molar-refractivity contribution in [2.24, 2.45) is 5.92 Å². The van der Waals surface area contributed by atoms with Crippen molar-refractivity contribution in [2.45, 2.75) is 69.0 Å². The standard InChI is InChI=1S/C18H22O/c1-12-6-7-13-11-14-4-2-8-17(15(13)10-12)9-3-5-16-18(14,17)19-16/h6-7,10,14,16H,2-5,8-9,11H2,1H3. The van der Waals surface area contributed by atoms with Gasteiger partial charge in [0.05, 0.1) is 6.10 Å². The molecule has 1 heterocycles. The van der Waals surface area contributed by atoms with Gasteiger partial charge in [0.25, 0.3) is 0 Å². The molecule has 100 valence electrons. The minimum absolute atomic E-state index is 0.268. The summed E-state index contributed by atoms with van der Waals surface area (Å²) >= 11 is 0. The van der Waals surface area contributed by atoms with E-state index in [2.05, 4.69) is 25.1 Å². The van der Waals surface area contributed by atoms with E-state index in [0.717, 1.165) is 5.92 Å². The lowest BCUT2D eigenvalue weighted by molar-refractivity contribution is 0.0391. The number of hydrogen-bond donors (Lipinski definition) is 0. The molecule has 4 aliphatic rings. The highest BCUT2D eigenvalue weighted by atomic mass is 16.6. The molecule has 1 heteroatoms. The number of benzene rings is 1. The lowest BCUT2D eigenvalue weighted by Crippen LogP contribution is -2.57. The third kappa shape index (κ3) is 1.09. The van der Waals surface area contributed by atoms with Crippen molar-refractivity contribution in [3.8, 4) is 0 Å². The average Bonchev–Trinajstić information content (AvgIpc) is 3.13. The molecule has 4 unspecified atom stereocenters. The first-order chi connectivity index (χ1) is 9.26. The van der Waals surface area contributed by atoms with E-state index in [4.69, 9.17) is 4.74 Å². The lowest BCUT2D eigenvalue weighted by atomic mass is 9.48. The second kappa shape index (κ2) is 3.25. The fraction of sp³-hybridized carbons (Fsp3) is 0.667. The van der Waals surface area contributed by atoms with Crippen LogP contribution < -0.4 is 0 Å². The summed E-state index contributed by atoms with van der Waals surface area (Å²) in [5, 5.41) is 0. The molecule has 0 N–H and O–H groups in total. The first-order valence-electron chi connectivity index (χ1n) is 8.04. The van der Waals surface area contributed by atoms with Crippen molar-refractivity contribution in [3.63, 3.8) is 0 Å². The topological polar surface area (TPSA) is 12.5 Å². The number of aryl methyl sites for hydroxylation is 1. The fourth-order valence-corrected chi connectivity index (χ4v) is 5.93. The van der Waals surface area contributed by atoms with Crippen molar-refractivity contribution in [3.05, 3.63) is 34.9 Å². The van der Waals surface area contributed by atoms with Gasteiger partial charge in [-0.05, 0) is 62.5 Å². The SMILES string of the molecule is Cc1ccc2c(c1)C13CCCC(C2)C12OC2CCC3. The molecular formula is C18H22O. The summed E-state index contributed by atoms with van der Waals surface area (Å²) in [4.78, 5) is 0. The minimum Gasteiger partial charge on any atom is -0.365 e. The fourth-order valence-electron chi connectivity index (χ4n) is 5.93. The minimum atomic E-state index is 0.268. The molecule has 3 fully saturated rings. The van der Waals surface area contributed by atoms with Crippen LogP contribution >= 0.6 is 0 Å². The van der Waals surface area contributed by atoms with Crippen molar-refractivity contribution >= 4 is 0 Å². The van der Waals surface area contributed by atoms with Crippen molar-refractivity contribution in [2.75, 3.05) is 0 Å². The second-order valence-electron chi connectivity index (χ2n) is 7.33. The van der Waals surface area contributed by atoms with Gasteiger partial charge in [0, 0.05) is 5.41 Å². The van der Waals surface area contributed by atoms with Crippen LogP contribution in [0.5, 0.6) is 0 Å². The second-order valence-corrected chi connectivity index (χ2v) is 7.33. The van der Waals surface area contributed by atoms with Gasteiger partial charge in [0.2, 0.25) is 0 Å². The van der Waals surface area contributed by atoms with Gasteiger partial charge in [-0.15, -0.1) is 0 Å². The molecule has 2 bridgehead atoms. The Morgan fingerprint density at radius 3 is 2.89 bits per heavy atom. The van der Waals surface area contributed by atoms with Crippen LogP contribution in [0.25, 0.3) is 0 Å². The predicted octanol–water partition coefficient (Wildman–Crippen LogP) is 3.91. The van der Waals surface area contributed by atoms with E-state index in [1.165, 1.54) is 50.5 Å². The summed E-state index contributed by atoms with van der Waals surface area (Å²) in [6, 6.07) is 7.20. The molecule has 1 aromatic carbocycles. The molecule has 2 saturated carbocycles. The molecule has 4 atom stereocenters. The summed E-state index contributed by atoms with van der Waals surface area (Å²) in [6.07, 6.45) is 10.1. The van der Waals surface area contributed by atoms with Crippen LogP contribution in [-0.4, -0.2) is 11.7 Å².